The van der Waals surface area contributed by atoms with E-state index in [0.29, 0.717) is 5.88 Å². The topological polar surface area (TPSA) is 38.5 Å². The van der Waals surface area contributed by atoms with Gasteiger partial charge in [0, 0.05) is 5.56 Å². The van der Waals surface area contributed by atoms with Gasteiger partial charge in [0.05, 0.1) is 5.69 Å². The van der Waals surface area contributed by atoms with E-state index in [1.807, 2.05) is 38.1 Å². The molecule has 0 saturated heterocycles. The van der Waals surface area contributed by atoms with Gasteiger partial charge in [-0.1, -0.05) is 59.8 Å². The Morgan fingerprint density at radius 3 is 2.29 bits per heavy atom. The Bertz CT molecular complexity index is 866. The normalized spacial score (nSPS) is 16.4. The molecule has 1 unspecified atom stereocenters. The van der Waals surface area contributed by atoms with E-state index in [2.05, 4.69) is 41.6 Å². The molecule has 0 amide bonds. The minimum atomic E-state index is -0.0270. The number of nitrogens with zero attached hydrogens (tertiary/aromatic N) is 2. The van der Waals surface area contributed by atoms with Gasteiger partial charge in [-0.2, -0.15) is 5.06 Å². The maximum Gasteiger partial charge on any atom is 0.263 e. The summed E-state index contributed by atoms with van der Waals surface area (Å²) in [5, 5.41) is 5.77. The smallest absolute Gasteiger partial charge is 0.263 e. The third kappa shape index (κ3) is 2.46. The number of aromatic nitrogens is 1. The highest BCUT2D eigenvalue weighted by atomic mass is 16.7. The van der Waals surface area contributed by atoms with Gasteiger partial charge in [-0.05, 0) is 36.6 Å². The fourth-order valence-electron chi connectivity index (χ4n) is 2.85. The molecular weight excluding hydrogens is 300 g/mol. The maximum absolute atomic E-state index is 5.63. The van der Waals surface area contributed by atoms with Gasteiger partial charge in [0.25, 0.3) is 5.88 Å². The van der Waals surface area contributed by atoms with Crippen LogP contribution in [-0.2, 0) is 4.84 Å². The molecule has 0 spiro atoms. The van der Waals surface area contributed by atoms with Gasteiger partial charge in [-0.3, -0.25) is 0 Å². The predicted octanol–water partition coefficient (Wildman–Crippen LogP) is 4.97. The fourth-order valence-corrected chi connectivity index (χ4v) is 2.85. The van der Waals surface area contributed by atoms with E-state index in [9.17, 15) is 0 Å². The molecule has 1 aliphatic rings. The van der Waals surface area contributed by atoms with Crippen molar-refractivity contribution in [2.45, 2.75) is 19.9 Å². The number of benzene rings is 2. The molecule has 0 radical (unpaired) electrons. The van der Waals surface area contributed by atoms with Crippen molar-refractivity contribution in [3.05, 3.63) is 83.8 Å². The van der Waals surface area contributed by atoms with E-state index in [1.165, 1.54) is 11.1 Å². The standard InChI is InChI=1S/C20H18N2O2/c1-14-15(2)21-24-20(14)22-19(12-13-23-22)18-10-8-17(9-11-18)16-6-4-3-5-7-16/h3-13,19H,1-2H3. The summed E-state index contributed by atoms with van der Waals surface area (Å²) in [6, 6.07) is 18.8. The molecule has 2 heterocycles. The number of hydrogen-bond acceptors (Lipinski definition) is 4. The molecule has 3 aromatic rings. The zero-order chi connectivity index (χ0) is 16.5. The zero-order valence-corrected chi connectivity index (χ0v) is 13.6. The van der Waals surface area contributed by atoms with Crippen LogP contribution < -0.4 is 5.06 Å². The van der Waals surface area contributed by atoms with Gasteiger partial charge >= 0.3 is 0 Å². The number of hydroxylamine groups is 1. The Morgan fingerprint density at radius 2 is 1.62 bits per heavy atom. The summed E-state index contributed by atoms with van der Waals surface area (Å²) in [7, 11) is 0. The first kappa shape index (κ1) is 14.6. The number of hydrogen-bond donors (Lipinski definition) is 0. The average Bonchev–Trinajstić information content (AvgIpc) is 3.23. The van der Waals surface area contributed by atoms with Crippen LogP contribution in [0, 0.1) is 13.8 Å². The molecule has 4 rings (SSSR count). The average molecular weight is 318 g/mol. The summed E-state index contributed by atoms with van der Waals surface area (Å²) in [6.07, 6.45) is 3.70. The van der Waals surface area contributed by atoms with E-state index >= 15 is 0 Å². The van der Waals surface area contributed by atoms with E-state index in [-0.39, 0.29) is 6.04 Å². The van der Waals surface area contributed by atoms with Crippen molar-refractivity contribution in [1.29, 1.82) is 0 Å². The maximum atomic E-state index is 5.63. The van der Waals surface area contributed by atoms with Gasteiger partial charge < -0.3 is 9.36 Å². The first-order chi connectivity index (χ1) is 11.7. The molecule has 1 aromatic heterocycles. The third-order valence-electron chi connectivity index (χ3n) is 4.38. The monoisotopic (exact) mass is 318 g/mol. The molecule has 0 N–H and O–H groups in total. The van der Waals surface area contributed by atoms with E-state index < -0.39 is 0 Å². The molecule has 1 atom stereocenters. The molecule has 0 fully saturated rings. The number of rotatable bonds is 3. The van der Waals surface area contributed by atoms with Gasteiger partial charge in [-0.15, -0.1) is 0 Å². The lowest BCUT2D eigenvalue weighted by atomic mass is 10.0. The Balaban J connectivity index is 1.63. The van der Waals surface area contributed by atoms with E-state index in [0.717, 1.165) is 16.8 Å². The summed E-state index contributed by atoms with van der Waals surface area (Å²) in [4.78, 5) is 5.63. The van der Waals surface area contributed by atoms with Crippen LogP contribution >= 0.6 is 0 Å². The highest BCUT2D eigenvalue weighted by molar-refractivity contribution is 5.64. The third-order valence-corrected chi connectivity index (χ3v) is 4.38. The Labute approximate surface area is 140 Å². The second-order valence-electron chi connectivity index (χ2n) is 5.89. The quantitative estimate of drug-likeness (QED) is 0.684. The SMILES string of the molecule is Cc1noc(N2OC=CC2c2ccc(-c3ccccc3)cc2)c1C. The summed E-state index contributed by atoms with van der Waals surface area (Å²) in [5.74, 6) is 0.648. The van der Waals surface area contributed by atoms with Crippen molar-refractivity contribution in [2.75, 3.05) is 5.06 Å². The van der Waals surface area contributed by atoms with Crippen LogP contribution in [0.25, 0.3) is 11.1 Å². The van der Waals surface area contributed by atoms with Crippen LogP contribution in [0.1, 0.15) is 22.9 Å². The molecular formula is C20H18N2O2. The fraction of sp³-hybridized carbons (Fsp3) is 0.150. The minimum Gasteiger partial charge on any atom is -0.384 e. The molecule has 4 heteroatoms. The Hall–Kier alpha value is -3.01. The van der Waals surface area contributed by atoms with Gasteiger partial charge in [0.1, 0.15) is 12.3 Å². The van der Waals surface area contributed by atoms with Gasteiger partial charge in [-0.25, -0.2) is 0 Å². The van der Waals surface area contributed by atoms with Crippen molar-refractivity contribution in [3.8, 4) is 11.1 Å². The summed E-state index contributed by atoms with van der Waals surface area (Å²) in [5.41, 5.74) is 5.40. The lowest BCUT2D eigenvalue weighted by Gasteiger charge is -2.22. The van der Waals surface area contributed by atoms with Crippen LogP contribution in [0.15, 0.2) is 71.5 Å². The second-order valence-corrected chi connectivity index (χ2v) is 5.89. The summed E-state index contributed by atoms with van der Waals surface area (Å²) in [6.45, 7) is 3.91. The largest absolute Gasteiger partial charge is 0.384 e. The van der Waals surface area contributed by atoms with Crippen molar-refractivity contribution in [3.63, 3.8) is 0 Å². The van der Waals surface area contributed by atoms with Gasteiger partial charge in [0.15, 0.2) is 0 Å². The van der Waals surface area contributed by atoms with Crippen molar-refractivity contribution in [2.24, 2.45) is 0 Å². The highest BCUT2D eigenvalue weighted by Crippen LogP contribution is 2.36. The summed E-state index contributed by atoms with van der Waals surface area (Å²) < 4.78 is 5.43. The zero-order valence-electron chi connectivity index (χ0n) is 13.6. The van der Waals surface area contributed by atoms with Gasteiger partial charge in [0.2, 0.25) is 0 Å². The predicted molar refractivity (Wildman–Crippen MR) is 93.3 cm³/mol. The number of aryl methyl sites for hydroxylation is 1. The van der Waals surface area contributed by atoms with Crippen molar-refractivity contribution in [1.82, 2.24) is 5.16 Å². The molecule has 24 heavy (non-hydrogen) atoms. The van der Waals surface area contributed by atoms with Crippen molar-refractivity contribution < 1.29 is 9.36 Å². The Kier molecular flexibility index (Phi) is 3.58. The van der Waals surface area contributed by atoms with Crippen molar-refractivity contribution >= 4 is 5.88 Å². The van der Waals surface area contributed by atoms with Crippen LogP contribution in [0.3, 0.4) is 0 Å². The first-order valence-corrected chi connectivity index (χ1v) is 7.95. The molecule has 0 saturated carbocycles. The molecule has 120 valence electrons. The number of anilines is 1. The van der Waals surface area contributed by atoms with E-state index in [1.54, 1.807) is 11.3 Å². The Morgan fingerprint density at radius 1 is 0.917 bits per heavy atom. The van der Waals surface area contributed by atoms with E-state index in [4.69, 9.17) is 9.36 Å². The molecule has 0 bridgehead atoms. The molecule has 0 aliphatic carbocycles. The highest BCUT2D eigenvalue weighted by Gasteiger charge is 2.29. The van der Waals surface area contributed by atoms with Crippen LogP contribution in [0.5, 0.6) is 0 Å². The molecule has 2 aromatic carbocycles. The summed E-state index contributed by atoms with van der Waals surface area (Å²) >= 11 is 0. The second kappa shape index (κ2) is 5.89. The lowest BCUT2D eigenvalue weighted by Crippen LogP contribution is -2.21. The van der Waals surface area contributed by atoms with Crippen LogP contribution in [0.2, 0.25) is 0 Å². The lowest BCUT2D eigenvalue weighted by molar-refractivity contribution is 0.198. The molecule has 1 aliphatic heterocycles. The van der Waals surface area contributed by atoms with Crippen LogP contribution in [-0.4, -0.2) is 5.16 Å². The first-order valence-electron chi connectivity index (χ1n) is 7.95. The molecule has 4 nitrogen and oxygen atoms in total. The van der Waals surface area contributed by atoms with Crippen LogP contribution in [0.4, 0.5) is 5.88 Å². The minimum absolute atomic E-state index is 0.0270.